The minimum Gasteiger partial charge on any atom is -0.352 e. The summed E-state index contributed by atoms with van der Waals surface area (Å²) in [4.78, 5) is 16.0. The standard InChI is InChI=1S/C17H20BrN3O2/c1-11(2)13-4-6-14(7-5-13)17-20-16(23-21-17)9-8-15(22)19-10-12(3)18/h4-7,11H,3,8-10H2,1-2H3,(H,19,22). The quantitative estimate of drug-likeness (QED) is 0.796. The second-order valence-corrected chi connectivity index (χ2v) is 6.70. The van der Waals surface area contributed by atoms with Gasteiger partial charge in [-0.3, -0.25) is 4.79 Å². The van der Waals surface area contributed by atoms with Gasteiger partial charge in [0, 0.05) is 29.4 Å². The van der Waals surface area contributed by atoms with Crippen molar-refractivity contribution in [2.75, 3.05) is 6.54 Å². The largest absolute Gasteiger partial charge is 0.352 e. The van der Waals surface area contributed by atoms with E-state index < -0.39 is 0 Å². The second-order valence-electron chi connectivity index (χ2n) is 5.58. The maximum atomic E-state index is 11.6. The Morgan fingerprint density at radius 1 is 1.35 bits per heavy atom. The molecule has 0 aliphatic carbocycles. The second kappa shape index (κ2) is 8.06. The maximum absolute atomic E-state index is 11.6. The lowest BCUT2D eigenvalue weighted by atomic mass is 10.0. The first-order valence-corrected chi connectivity index (χ1v) is 8.28. The molecular formula is C17H20BrN3O2. The molecule has 6 heteroatoms. The van der Waals surface area contributed by atoms with E-state index in [1.807, 2.05) is 12.1 Å². The van der Waals surface area contributed by atoms with Crippen LogP contribution in [0.25, 0.3) is 11.4 Å². The summed E-state index contributed by atoms with van der Waals surface area (Å²) in [5.74, 6) is 1.41. The van der Waals surface area contributed by atoms with E-state index in [2.05, 4.69) is 63.9 Å². The van der Waals surface area contributed by atoms with Gasteiger partial charge in [0.2, 0.25) is 17.6 Å². The van der Waals surface area contributed by atoms with Crippen LogP contribution in [0.5, 0.6) is 0 Å². The predicted molar refractivity (Wildman–Crippen MR) is 93.2 cm³/mol. The molecule has 1 N–H and O–H groups in total. The monoisotopic (exact) mass is 377 g/mol. The SMILES string of the molecule is C=C(Br)CNC(=O)CCc1nc(-c2ccc(C(C)C)cc2)no1. The number of carbonyl (C=O) groups is 1. The lowest BCUT2D eigenvalue weighted by Gasteiger charge is -2.04. The zero-order valence-corrected chi connectivity index (χ0v) is 14.9. The highest BCUT2D eigenvalue weighted by atomic mass is 79.9. The molecule has 0 saturated carbocycles. The molecule has 2 rings (SSSR count). The third-order valence-corrected chi connectivity index (χ3v) is 3.63. The molecule has 1 heterocycles. The fraction of sp³-hybridized carbons (Fsp3) is 0.353. The van der Waals surface area contributed by atoms with Crippen molar-refractivity contribution < 1.29 is 9.32 Å². The lowest BCUT2D eigenvalue weighted by Crippen LogP contribution is -2.24. The zero-order chi connectivity index (χ0) is 16.8. The Kier molecular flexibility index (Phi) is 6.10. The molecule has 122 valence electrons. The summed E-state index contributed by atoms with van der Waals surface area (Å²) in [6.07, 6.45) is 0.714. The Balaban J connectivity index is 1.92. The number of carbonyl (C=O) groups excluding carboxylic acids is 1. The summed E-state index contributed by atoms with van der Waals surface area (Å²) in [5, 5.41) is 6.71. The van der Waals surface area contributed by atoms with Gasteiger partial charge in [0.25, 0.3) is 0 Å². The van der Waals surface area contributed by atoms with Gasteiger partial charge in [0.1, 0.15) is 0 Å². The van der Waals surface area contributed by atoms with Crippen LogP contribution in [0.15, 0.2) is 39.8 Å². The molecule has 0 spiro atoms. The van der Waals surface area contributed by atoms with E-state index in [9.17, 15) is 4.79 Å². The van der Waals surface area contributed by atoms with Crippen LogP contribution in [0.2, 0.25) is 0 Å². The van der Waals surface area contributed by atoms with Crippen molar-refractivity contribution in [2.45, 2.75) is 32.6 Å². The third-order valence-electron chi connectivity index (χ3n) is 3.35. The molecule has 1 aromatic carbocycles. The van der Waals surface area contributed by atoms with Crippen molar-refractivity contribution in [3.63, 3.8) is 0 Å². The molecule has 2 aromatic rings. The summed E-state index contributed by atoms with van der Waals surface area (Å²) in [7, 11) is 0. The van der Waals surface area contributed by atoms with Crippen LogP contribution in [0, 0.1) is 0 Å². The first-order chi connectivity index (χ1) is 11.0. The van der Waals surface area contributed by atoms with E-state index in [-0.39, 0.29) is 5.91 Å². The lowest BCUT2D eigenvalue weighted by molar-refractivity contribution is -0.120. The summed E-state index contributed by atoms with van der Waals surface area (Å²) in [5.41, 5.74) is 2.17. The molecule has 0 unspecified atom stereocenters. The molecule has 23 heavy (non-hydrogen) atoms. The Morgan fingerprint density at radius 2 is 2.04 bits per heavy atom. The minimum atomic E-state index is -0.0772. The maximum Gasteiger partial charge on any atom is 0.227 e. The average Bonchev–Trinajstić information content (AvgIpc) is 3.00. The highest BCUT2D eigenvalue weighted by Gasteiger charge is 2.11. The number of halogens is 1. The van der Waals surface area contributed by atoms with E-state index in [0.717, 1.165) is 10.0 Å². The van der Waals surface area contributed by atoms with Gasteiger partial charge in [-0.05, 0) is 11.5 Å². The highest BCUT2D eigenvalue weighted by Crippen LogP contribution is 2.20. The van der Waals surface area contributed by atoms with Crippen molar-refractivity contribution in [3.8, 4) is 11.4 Å². The molecule has 0 fully saturated rings. The van der Waals surface area contributed by atoms with E-state index in [1.54, 1.807) is 0 Å². The zero-order valence-electron chi connectivity index (χ0n) is 13.3. The van der Waals surface area contributed by atoms with Crippen LogP contribution in [0.3, 0.4) is 0 Å². The van der Waals surface area contributed by atoms with E-state index in [1.165, 1.54) is 5.56 Å². The van der Waals surface area contributed by atoms with Crippen LogP contribution in [0.4, 0.5) is 0 Å². The fourth-order valence-corrected chi connectivity index (χ4v) is 2.13. The number of aryl methyl sites for hydroxylation is 1. The van der Waals surface area contributed by atoms with Crippen LogP contribution in [-0.4, -0.2) is 22.6 Å². The molecule has 5 nitrogen and oxygen atoms in total. The summed E-state index contributed by atoms with van der Waals surface area (Å²) < 4.78 is 5.94. The number of hydrogen-bond donors (Lipinski definition) is 1. The molecule has 0 radical (unpaired) electrons. The first-order valence-electron chi connectivity index (χ1n) is 7.48. The minimum absolute atomic E-state index is 0.0772. The summed E-state index contributed by atoms with van der Waals surface area (Å²) in [6, 6.07) is 8.10. The molecule has 0 aliphatic rings. The molecule has 1 aromatic heterocycles. The number of rotatable bonds is 7. The Labute approximate surface area is 144 Å². The van der Waals surface area contributed by atoms with Crippen molar-refractivity contribution in [1.82, 2.24) is 15.5 Å². The van der Waals surface area contributed by atoms with Crippen LogP contribution >= 0.6 is 15.9 Å². The van der Waals surface area contributed by atoms with Crippen molar-refractivity contribution in [3.05, 3.63) is 46.8 Å². The fourth-order valence-electron chi connectivity index (χ4n) is 1.99. The molecular weight excluding hydrogens is 358 g/mol. The smallest absolute Gasteiger partial charge is 0.227 e. The molecule has 0 atom stereocenters. The van der Waals surface area contributed by atoms with Gasteiger partial charge in [-0.1, -0.05) is 65.8 Å². The van der Waals surface area contributed by atoms with Crippen LogP contribution in [-0.2, 0) is 11.2 Å². The van der Waals surface area contributed by atoms with Crippen molar-refractivity contribution in [2.24, 2.45) is 0 Å². The van der Waals surface area contributed by atoms with Gasteiger partial charge >= 0.3 is 0 Å². The number of amides is 1. The number of benzene rings is 1. The number of nitrogens with zero attached hydrogens (tertiary/aromatic N) is 2. The molecule has 0 saturated heterocycles. The van der Waals surface area contributed by atoms with Gasteiger partial charge in [-0.2, -0.15) is 4.98 Å². The first kappa shape index (κ1) is 17.4. The number of hydrogen-bond acceptors (Lipinski definition) is 4. The van der Waals surface area contributed by atoms with Crippen molar-refractivity contribution in [1.29, 1.82) is 0 Å². The molecule has 0 aliphatic heterocycles. The van der Waals surface area contributed by atoms with Gasteiger partial charge in [-0.15, -0.1) is 0 Å². The summed E-state index contributed by atoms with van der Waals surface area (Å²) >= 11 is 3.19. The Bertz CT molecular complexity index is 677. The molecule has 1 amide bonds. The van der Waals surface area contributed by atoms with Crippen molar-refractivity contribution >= 4 is 21.8 Å². The number of nitrogens with one attached hydrogen (secondary N) is 1. The summed E-state index contributed by atoms with van der Waals surface area (Å²) in [6.45, 7) is 8.37. The van der Waals surface area contributed by atoms with Gasteiger partial charge in [-0.25, -0.2) is 0 Å². The molecule has 0 bridgehead atoms. The Hall–Kier alpha value is -1.95. The third kappa shape index (κ3) is 5.32. The normalized spacial score (nSPS) is 10.8. The van der Waals surface area contributed by atoms with Gasteiger partial charge in [0.05, 0.1) is 0 Å². The average molecular weight is 378 g/mol. The van der Waals surface area contributed by atoms with Gasteiger partial charge in [0.15, 0.2) is 0 Å². The van der Waals surface area contributed by atoms with Crippen LogP contribution < -0.4 is 5.32 Å². The van der Waals surface area contributed by atoms with E-state index in [4.69, 9.17) is 4.52 Å². The predicted octanol–water partition coefficient (Wildman–Crippen LogP) is 3.82. The van der Waals surface area contributed by atoms with E-state index >= 15 is 0 Å². The van der Waals surface area contributed by atoms with Crippen LogP contribution in [0.1, 0.15) is 37.6 Å². The Morgan fingerprint density at radius 3 is 2.65 bits per heavy atom. The number of aromatic nitrogens is 2. The highest BCUT2D eigenvalue weighted by molar-refractivity contribution is 9.11. The van der Waals surface area contributed by atoms with E-state index in [0.29, 0.717) is 37.0 Å². The topological polar surface area (TPSA) is 68.0 Å². The van der Waals surface area contributed by atoms with Gasteiger partial charge < -0.3 is 9.84 Å².